The number of rotatable bonds is 0. The molecule has 0 saturated heterocycles. The fraction of sp³-hybridized carbons (Fsp3) is 0.0625. The van der Waals surface area contributed by atoms with Crippen molar-refractivity contribution in [1.29, 1.82) is 0 Å². The van der Waals surface area contributed by atoms with Crippen LogP contribution in [0.1, 0.15) is 0 Å². The van der Waals surface area contributed by atoms with Gasteiger partial charge in [0.15, 0.2) is 0 Å². The topological polar surface area (TPSA) is 19.7 Å². The molecule has 2 heterocycles. The first-order chi connectivity index (χ1) is 9.24. The van der Waals surface area contributed by atoms with E-state index < -0.39 is 0 Å². The van der Waals surface area contributed by atoms with Crippen molar-refractivity contribution in [3.8, 4) is 0 Å². The Hall–Kier alpha value is -2.42. The molecule has 2 aromatic heterocycles. The molecule has 0 aliphatic heterocycles. The van der Waals surface area contributed by atoms with Crippen molar-refractivity contribution in [3.05, 3.63) is 54.3 Å². The van der Waals surface area contributed by atoms with Gasteiger partial charge in [-0.2, -0.15) is 4.57 Å². The highest BCUT2D eigenvalue weighted by molar-refractivity contribution is 6.05. The molecule has 3 heteroatoms. The summed E-state index contributed by atoms with van der Waals surface area (Å²) < 4.78 is 15.6. The SMILES string of the molecule is C[n+]1c2ccccc2cc2[nH]c3ccc(F)cc3c21. The van der Waals surface area contributed by atoms with E-state index in [4.69, 9.17) is 0 Å². The van der Waals surface area contributed by atoms with Crippen LogP contribution >= 0.6 is 0 Å². The Kier molecular flexibility index (Phi) is 1.96. The van der Waals surface area contributed by atoms with Gasteiger partial charge in [-0.15, -0.1) is 0 Å². The second kappa shape index (κ2) is 3.54. The number of H-pyrrole nitrogens is 1. The maximum absolute atomic E-state index is 13.5. The first-order valence-electron chi connectivity index (χ1n) is 6.23. The van der Waals surface area contributed by atoms with Crippen LogP contribution in [-0.2, 0) is 7.05 Å². The summed E-state index contributed by atoms with van der Waals surface area (Å²) in [6.45, 7) is 0. The Morgan fingerprint density at radius 3 is 2.74 bits per heavy atom. The number of aromatic amines is 1. The molecule has 4 aromatic rings. The third kappa shape index (κ3) is 1.38. The standard InChI is InChI=1S/C16H11FN2/c1-19-15-5-3-2-4-10(15)8-14-16(19)12-9-11(17)6-7-13(12)18-14/h2-9H,1H3/p+1. The number of pyridine rings is 1. The van der Waals surface area contributed by atoms with E-state index in [1.54, 1.807) is 12.1 Å². The Morgan fingerprint density at radius 1 is 1.00 bits per heavy atom. The van der Waals surface area contributed by atoms with Crippen LogP contribution in [0.25, 0.3) is 32.8 Å². The zero-order valence-corrected chi connectivity index (χ0v) is 10.4. The van der Waals surface area contributed by atoms with E-state index in [-0.39, 0.29) is 5.82 Å². The van der Waals surface area contributed by atoms with Gasteiger partial charge >= 0.3 is 0 Å². The second-order valence-electron chi connectivity index (χ2n) is 4.84. The first kappa shape index (κ1) is 10.5. The summed E-state index contributed by atoms with van der Waals surface area (Å²) in [6.07, 6.45) is 0. The molecule has 2 nitrogen and oxygen atoms in total. The summed E-state index contributed by atoms with van der Waals surface area (Å²) in [7, 11) is 2.02. The van der Waals surface area contributed by atoms with Crippen LogP contribution in [0, 0.1) is 5.82 Å². The number of hydrogen-bond donors (Lipinski definition) is 1. The molecule has 0 bridgehead atoms. The first-order valence-corrected chi connectivity index (χ1v) is 6.23. The van der Waals surface area contributed by atoms with Gasteiger partial charge in [0.25, 0.3) is 0 Å². The van der Waals surface area contributed by atoms with Crippen LogP contribution in [0.15, 0.2) is 48.5 Å². The Bertz CT molecular complexity index is 938. The molecular weight excluding hydrogens is 239 g/mol. The van der Waals surface area contributed by atoms with E-state index in [1.807, 2.05) is 19.2 Å². The van der Waals surface area contributed by atoms with E-state index in [9.17, 15) is 4.39 Å². The molecule has 4 rings (SSSR count). The van der Waals surface area contributed by atoms with Crippen LogP contribution in [0.2, 0.25) is 0 Å². The predicted octanol–water partition coefficient (Wildman–Crippen LogP) is 3.44. The van der Waals surface area contributed by atoms with Gasteiger partial charge in [0.05, 0.1) is 10.9 Å². The molecule has 0 spiro atoms. The molecule has 92 valence electrons. The highest BCUT2D eigenvalue weighted by Crippen LogP contribution is 2.25. The summed E-state index contributed by atoms with van der Waals surface area (Å²) in [5.41, 5.74) is 4.16. The largest absolute Gasteiger partial charge is 0.349 e. The van der Waals surface area contributed by atoms with Crippen molar-refractivity contribution >= 4 is 32.8 Å². The van der Waals surface area contributed by atoms with E-state index in [1.165, 1.54) is 11.5 Å². The molecule has 0 radical (unpaired) electrons. The minimum atomic E-state index is -0.207. The maximum atomic E-state index is 13.5. The van der Waals surface area contributed by atoms with Gasteiger partial charge in [-0.3, -0.25) is 0 Å². The number of nitrogens with zero attached hydrogens (tertiary/aromatic N) is 1. The molecule has 2 aromatic carbocycles. The lowest BCUT2D eigenvalue weighted by atomic mass is 10.1. The quantitative estimate of drug-likeness (QED) is 0.462. The molecule has 19 heavy (non-hydrogen) atoms. The number of aryl methyl sites for hydroxylation is 1. The smallest absolute Gasteiger partial charge is 0.238 e. The lowest BCUT2D eigenvalue weighted by Crippen LogP contribution is -2.29. The highest BCUT2D eigenvalue weighted by Gasteiger charge is 2.17. The molecule has 0 atom stereocenters. The zero-order chi connectivity index (χ0) is 13.0. The van der Waals surface area contributed by atoms with Gasteiger partial charge in [0.1, 0.15) is 18.4 Å². The van der Waals surface area contributed by atoms with Gasteiger partial charge in [-0.05, 0) is 30.3 Å². The van der Waals surface area contributed by atoms with Gasteiger partial charge in [0, 0.05) is 11.5 Å². The number of fused-ring (bicyclic) bond motifs is 4. The van der Waals surface area contributed by atoms with Crippen molar-refractivity contribution in [2.45, 2.75) is 0 Å². The number of halogens is 1. The Balaban J connectivity index is 2.31. The molecule has 0 aliphatic rings. The Morgan fingerprint density at radius 2 is 1.84 bits per heavy atom. The molecule has 0 fully saturated rings. The third-order valence-corrected chi connectivity index (χ3v) is 3.69. The average Bonchev–Trinajstić information content (AvgIpc) is 2.76. The van der Waals surface area contributed by atoms with Crippen LogP contribution in [0.3, 0.4) is 0 Å². The molecule has 0 amide bonds. The van der Waals surface area contributed by atoms with Gasteiger partial charge in [-0.1, -0.05) is 12.1 Å². The van der Waals surface area contributed by atoms with Gasteiger partial charge in [-0.25, -0.2) is 4.39 Å². The molecule has 0 unspecified atom stereocenters. The van der Waals surface area contributed by atoms with Crippen LogP contribution < -0.4 is 4.57 Å². The van der Waals surface area contributed by atoms with Gasteiger partial charge in [0.2, 0.25) is 11.0 Å². The fourth-order valence-electron chi connectivity index (χ4n) is 2.83. The fourth-order valence-corrected chi connectivity index (χ4v) is 2.83. The molecule has 0 saturated carbocycles. The number of para-hydroxylation sites is 1. The maximum Gasteiger partial charge on any atom is 0.238 e. The predicted molar refractivity (Wildman–Crippen MR) is 74.4 cm³/mol. The summed E-state index contributed by atoms with van der Waals surface area (Å²) in [5.74, 6) is -0.207. The average molecular weight is 251 g/mol. The summed E-state index contributed by atoms with van der Waals surface area (Å²) >= 11 is 0. The number of aromatic nitrogens is 2. The van der Waals surface area contributed by atoms with Crippen molar-refractivity contribution in [2.24, 2.45) is 7.05 Å². The van der Waals surface area contributed by atoms with E-state index in [0.29, 0.717) is 0 Å². The minimum Gasteiger partial charge on any atom is -0.349 e. The molecule has 1 N–H and O–H groups in total. The van der Waals surface area contributed by atoms with E-state index in [2.05, 4.69) is 27.8 Å². The number of benzene rings is 2. The van der Waals surface area contributed by atoms with Crippen LogP contribution in [0.5, 0.6) is 0 Å². The van der Waals surface area contributed by atoms with E-state index in [0.717, 1.165) is 27.5 Å². The van der Waals surface area contributed by atoms with E-state index >= 15 is 0 Å². The normalized spacial score (nSPS) is 11.7. The third-order valence-electron chi connectivity index (χ3n) is 3.69. The summed E-state index contributed by atoms with van der Waals surface area (Å²) in [6, 6.07) is 15.2. The summed E-state index contributed by atoms with van der Waals surface area (Å²) in [4.78, 5) is 3.35. The zero-order valence-electron chi connectivity index (χ0n) is 10.4. The van der Waals surface area contributed by atoms with Crippen LogP contribution in [0.4, 0.5) is 4.39 Å². The second-order valence-corrected chi connectivity index (χ2v) is 4.84. The van der Waals surface area contributed by atoms with Crippen LogP contribution in [-0.4, -0.2) is 4.98 Å². The van der Waals surface area contributed by atoms with Crippen molar-refractivity contribution < 1.29 is 8.96 Å². The van der Waals surface area contributed by atoms with Crippen molar-refractivity contribution in [2.75, 3.05) is 0 Å². The number of hydrogen-bond acceptors (Lipinski definition) is 0. The molecule has 0 aliphatic carbocycles. The Labute approximate surface area is 109 Å². The molecular formula is C16H12FN2+. The number of nitrogens with one attached hydrogen (secondary N) is 1. The van der Waals surface area contributed by atoms with Crippen molar-refractivity contribution in [3.63, 3.8) is 0 Å². The monoisotopic (exact) mass is 251 g/mol. The van der Waals surface area contributed by atoms with Gasteiger partial charge < -0.3 is 4.98 Å². The minimum absolute atomic E-state index is 0.207. The van der Waals surface area contributed by atoms with Crippen molar-refractivity contribution in [1.82, 2.24) is 4.98 Å². The lowest BCUT2D eigenvalue weighted by Gasteiger charge is -1.98. The highest BCUT2D eigenvalue weighted by atomic mass is 19.1. The lowest BCUT2D eigenvalue weighted by molar-refractivity contribution is -0.616. The summed E-state index contributed by atoms with van der Waals surface area (Å²) in [5, 5.41) is 2.09.